The minimum atomic E-state index is -3.29. The highest BCUT2D eigenvalue weighted by Gasteiger charge is 2.12. The molecule has 0 spiro atoms. The SMILES string of the molecule is C=Cn1c(-c2ccc(NS(=O)(=O)CCC)cc2)cc2ccc(OC)cc21. The maximum Gasteiger partial charge on any atom is 0.232 e. The van der Waals surface area contributed by atoms with E-state index in [9.17, 15) is 8.42 Å². The summed E-state index contributed by atoms with van der Waals surface area (Å²) in [4.78, 5) is 0. The molecule has 0 saturated carbocycles. The summed E-state index contributed by atoms with van der Waals surface area (Å²) in [6.07, 6.45) is 2.34. The summed E-state index contributed by atoms with van der Waals surface area (Å²) in [5.74, 6) is 0.896. The number of hydrogen-bond donors (Lipinski definition) is 1. The molecule has 0 atom stereocenters. The molecule has 3 aromatic rings. The molecule has 2 aromatic carbocycles. The zero-order chi connectivity index (χ0) is 18.7. The second kappa shape index (κ2) is 7.25. The Kier molecular flexibility index (Phi) is 5.04. The van der Waals surface area contributed by atoms with Gasteiger partial charge in [-0.05, 0) is 42.3 Å². The highest BCUT2D eigenvalue weighted by atomic mass is 32.2. The lowest BCUT2D eigenvalue weighted by Crippen LogP contribution is -2.15. The van der Waals surface area contributed by atoms with Crippen molar-refractivity contribution in [2.24, 2.45) is 0 Å². The number of nitrogens with zero attached hydrogens (tertiary/aromatic N) is 1. The van der Waals surface area contributed by atoms with Gasteiger partial charge in [-0.15, -0.1) is 0 Å². The normalized spacial score (nSPS) is 11.5. The van der Waals surface area contributed by atoms with E-state index >= 15 is 0 Å². The first kappa shape index (κ1) is 18.1. The van der Waals surface area contributed by atoms with Crippen molar-refractivity contribution in [1.82, 2.24) is 4.57 Å². The molecule has 0 bridgehead atoms. The van der Waals surface area contributed by atoms with Gasteiger partial charge in [0.15, 0.2) is 0 Å². The van der Waals surface area contributed by atoms with E-state index < -0.39 is 10.0 Å². The van der Waals surface area contributed by atoms with E-state index in [0.717, 1.165) is 27.9 Å². The van der Waals surface area contributed by atoms with Crippen LogP contribution in [0.1, 0.15) is 13.3 Å². The smallest absolute Gasteiger partial charge is 0.232 e. The first-order chi connectivity index (χ1) is 12.5. The fourth-order valence-corrected chi connectivity index (χ4v) is 4.09. The molecule has 0 aliphatic carbocycles. The second-order valence-corrected chi connectivity index (χ2v) is 7.85. The van der Waals surface area contributed by atoms with Gasteiger partial charge >= 0.3 is 0 Å². The Morgan fingerprint density at radius 3 is 2.50 bits per heavy atom. The van der Waals surface area contributed by atoms with E-state index in [-0.39, 0.29) is 5.75 Å². The highest BCUT2D eigenvalue weighted by Crippen LogP contribution is 2.31. The molecule has 0 amide bonds. The van der Waals surface area contributed by atoms with Crippen LogP contribution < -0.4 is 9.46 Å². The van der Waals surface area contributed by atoms with Crippen molar-refractivity contribution in [2.75, 3.05) is 17.6 Å². The van der Waals surface area contributed by atoms with Gasteiger partial charge in [0.05, 0.1) is 24.1 Å². The van der Waals surface area contributed by atoms with E-state index in [1.807, 2.05) is 41.8 Å². The number of rotatable bonds is 7. The third-order valence-electron chi connectivity index (χ3n) is 4.16. The van der Waals surface area contributed by atoms with Crippen LogP contribution in [0.5, 0.6) is 5.75 Å². The summed E-state index contributed by atoms with van der Waals surface area (Å²) in [6, 6.07) is 15.3. The molecule has 0 unspecified atom stereocenters. The third kappa shape index (κ3) is 3.60. The van der Waals surface area contributed by atoms with Gasteiger partial charge < -0.3 is 9.30 Å². The van der Waals surface area contributed by atoms with Gasteiger partial charge in [0.1, 0.15) is 5.75 Å². The van der Waals surface area contributed by atoms with Crippen LogP contribution in [0.15, 0.2) is 55.1 Å². The van der Waals surface area contributed by atoms with Crippen LogP contribution in [0, 0.1) is 0 Å². The summed E-state index contributed by atoms with van der Waals surface area (Å²) in [5.41, 5.74) is 3.51. The molecule has 26 heavy (non-hydrogen) atoms. The van der Waals surface area contributed by atoms with Crippen molar-refractivity contribution in [3.63, 3.8) is 0 Å². The van der Waals surface area contributed by atoms with Gasteiger partial charge in [-0.25, -0.2) is 8.42 Å². The Labute approximate surface area is 154 Å². The monoisotopic (exact) mass is 370 g/mol. The van der Waals surface area contributed by atoms with Gasteiger partial charge in [-0.1, -0.05) is 25.6 Å². The number of sulfonamides is 1. The predicted molar refractivity (Wildman–Crippen MR) is 108 cm³/mol. The van der Waals surface area contributed by atoms with E-state index in [1.54, 1.807) is 25.4 Å². The number of methoxy groups -OCH3 is 1. The number of aromatic nitrogens is 1. The number of fused-ring (bicyclic) bond motifs is 1. The Bertz CT molecular complexity index is 1030. The number of benzene rings is 2. The third-order valence-corrected chi connectivity index (χ3v) is 5.65. The largest absolute Gasteiger partial charge is 0.497 e. The number of ether oxygens (including phenoxy) is 1. The highest BCUT2D eigenvalue weighted by molar-refractivity contribution is 7.92. The average Bonchev–Trinajstić information content (AvgIpc) is 2.99. The van der Waals surface area contributed by atoms with Crippen LogP contribution in [-0.2, 0) is 10.0 Å². The van der Waals surface area contributed by atoms with E-state index in [0.29, 0.717) is 12.1 Å². The molecule has 1 heterocycles. The maximum absolute atomic E-state index is 11.9. The lowest BCUT2D eigenvalue weighted by molar-refractivity contribution is 0.415. The van der Waals surface area contributed by atoms with Crippen LogP contribution in [0.3, 0.4) is 0 Å². The van der Waals surface area contributed by atoms with Crippen molar-refractivity contribution in [2.45, 2.75) is 13.3 Å². The zero-order valence-electron chi connectivity index (χ0n) is 14.9. The van der Waals surface area contributed by atoms with Gasteiger partial charge in [-0.3, -0.25) is 4.72 Å². The molecule has 5 nitrogen and oxygen atoms in total. The van der Waals surface area contributed by atoms with Crippen LogP contribution in [0.2, 0.25) is 0 Å². The van der Waals surface area contributed by atoms with Gasteiger partial charge in [-0.2, -0.15) is 0 Å². The van der Waals surface area contributed by atoms with E-state index in [2.05, 4.69) is 17.4 Å². The summed E-state index contributed by atoms with van der Waals surface area (Å²) in [7, 11) is -1.65. The lowest BCUT2D eigenvalue weighted by Gasteiger charge is -2.09. The summed E-state index contributed by atoms with van der Waals surface area (Å²) in [6.45, 7) is 5.75. The Balaban J connectivity index is 1.98. The van der Waals surface area contributed by atoms with E-state index in [1.165, 1.54) is 0 Å². The summed E-state index contributed by atoms with van der Waals surface area (Å²) >= 11 is 0. The molecule has 3 rings (SSSR count). The molecule has 0 aliphatic rings. The zero-order valence-corrected chi connectivity index (χ0v) is 15.7. The Hall–Kier alpha value is -2.73. The van der Waals surface area contributed by atoms with Crippen molar-refractivity contribution < 1.29 is 13.2 Å². The van der Waals surface area contributed by atoms with Crippen molar-refractivity contribution in [3.8, 4) is 17.0 Å². The van der Waals surface area contributed by atoms with Crippen LogP contribution in [0.4, 0.5) is 5.69 Å². The van der Waals surface area contributed by atoms with Crippen molar-refractivity contribution in [1.29, 1.82) is 0 Å². The minimum Gasteiger partial charge on any atom is -0.497 e. The quantitative estimate of drug-likeness (QED) is 0.663. The molecule has 0 radical (unpaired) electrons. The Morgan fingerprint density at radius 2 is 1.88 bits per heavy atom. The van der Waals surface area contributed by atoms with Crippen LogP contribution in [-0.4, -0.2) is 25.8 Å². The molecule has 136 valence electrons. The molecule has 1 N–H and O–H groups in total. The van der Waals surface area contributed by atoms with Gasteiger partial charge in [0.25, 0.3) is 0 Å². The van der Waals surface area contributed by atoms with Crippen molar-refractivity contribution in [3.05, 3.63) is 55.1 Å². The number of nitrogens with one attached hydrogen (secondary N) is 1. The molecule has 0 fully saturated rings. The first-order valence-electron chi connectivity index (χ1n) is 8.40. The number of anilines is 1. The van der Waals surface area contributed by atoms with Crippen molar-refractivity contribution >= 4 is 32.8 Å². The molecular formula is C20H22N2O3S. The molecule has 6 heteroatoms. The first-order valence-corrected chi connectivity index (χ1v) is 10.0. The molecule has 0 aliphatic heterocycles. The minimum absolute atomic E-state index is 0.112. The molecular weight excluding hydrogens is 348 g/mol. The summed E-state index contributed by atoms with van der Waals surface area (Å²) < 4.78 is 33.7. The van der Waals surface area contributed by atoms with Gasteiger partial charge in [0, 0.05) is 23.3 Å². The lowest BCUT2D eigenvalue weighted by atomic mass is 10.1. The number of hydrogen-bond acceptors (Lipinski definition) is 3. The Morgan fingerprint density at radius 1 is 1.15 bits per heavy atom. The predicted octanol–water partition coefficient (Wildman–Crippen LogP) is 4.57. The fraction of sp³-hybridized carbons (Fsp3) is 0.200. The van der Waals surface area contributed by atoms with E-state index in [4.69, 9.17) is 4.74 Å². The molecule has 1 aromatic heterocycles. The second-order valence-electron chi connectivity index (χ2n) is 6.01. The average molecular weight is 370 g/mol. The van der Waals surface area contributed by atoms with Gasteiger partial charge in [0.2, 0.25) is 10.0 Å². The maximum atomic E-state index is 11.9. The topological polar surface area (TPSA) is 60.3 Å². The van der Waals surface area contributed by atoms with Crippen LogP contribution in [0.25, 0.3) is 28.4 Å². The standard InChI is InChI=1S/C20H22N2O3S/c1-4-12-26(23,24)21-17-9-6-15(7-10-17)19-13-16-8-11-18(25-3)14-20(16)22(19)5-2/h5-11,13-14,21H,2,4,12H2,1,3H3. The molecule has 0 saturated heterocycles. The van der Waals surface area contributed by atoms with Crippen LogP contribution >= 0.6 is 0 Å². The fourth-order valence-electron chi connectivity index (χ4n) is 2.96. The summed E-state index contributed by atoms with van der Waals surface area (Å²) in [5, 5.41) is 1.08.